The maximum absolute atomic E-state index is 12.8. The van der Waals surface area contributed by atoms with Gasteiger partial charge in [-0.25, -0.2) is 8.42 Å². The molecule has 5 nitrogen and oxygen atoms in total. The topological polar surface area (TPSA) is 66.5 Å². The Bertz CT molecular complexity index is 856. The van der Waals surface area contributed by atoms with Crippen molar-refractivity contribution in [1.29, 1.82) is 0 Å². The third-order valence-electron chi connectivity index (χ3n) is 4.06. The van der Waals surface area contributed by atoms with Crippen LogP contribution in [-0.2, 0) is 10.0 Å². The van der Waals surface area contributed by atoms with Crippen LogP contribution in [0.5, 0.6) is 0 Å². The maximum atomic E-state index is 12.8. The van der Waals surface area contributed by atoms with E-state index in [1.54, 1.807) is 24.3 Å². The highest BCUT2D eigenvalue weighted by Crippen LogP contribution is 2.24. The lowest BCUT2D eigenvalue weighted by molar-refractivity contribution is 0.0951. The molecule has 0 aromatic heterocycles. The summed E-state index contributed by atoms with van der Waals surface area (Å²) in [6, 6.07) is 13.6. The number of aryl methyl sites for hydroxylation is 1. The maximum Gasteiger partial charge on any atom is 0.264 e. The van der Waals surface area contributed by atoms with Crippen LogP contribution < -0.4 is 9.62 Å². The highest BCUT2D eigenvalue weighted by molar-refractivity contribution is 7.92. The molecule has 1 amide bonds. The Morgan fingerprint density at radius 2 is 1.79 bits per heavy atom. The Hall–Kier alpha value is -2.34. The first-order chi connectivity index (χ1) is 11.4. The van der Waals surface area contributed by atoms with Gasteiger partial charge in [0.15, 0.2) is 0 Å². The average Bonchev–Trinajstić information content (AvgIpc) is 3.39. The molecule has 2 aromatic rings. The van der Waals surface area contributed by atoms with Gasteiger partial charge in [0.05, 0.1) is 10.6 Å². The van der Waals surface area contributed by atoms with Crippen LogP contribution in [0.25, 0.3) is 0 Å². The molecular weight excluding hydrogens is 324 g/mol. The molecule has 1 N–H and O–H groups in total. The number of benzene rings is 2. The molecule has 3 rings (SSSR count). The summed E-state index contributed by atoms with van der Waals surface area (Å²) in [4.78, 5) is 12.2. The molecule has 0 aliphatic heterocycles. The zero-order chi connectivity index (χ0) is 17.3. The fourth-order valence-electron chi connectivity index (χ4n) is 2.35. The van der Waals surface area contributed by atoms with E-state index in [0.717, 1.165) is 18.4 Å². The summed E-state index contributed by atoms with van der Waals surface area (Å²) in [6.07, 6.45) is 1.97. The highest BCUT2D eigenvalue weighted by Gasteiger charge is 2.25. The molecular formula is C18H20N2O3S. The fraction of sp³-hybridized carbons (Fsp3) is 0.278. The largest absolute Gasteiger partial charge is 0.349 e. The van der Waals surface area contributed by atoms with Crippen molar-refractivity contribution in [3.8, 4) is 0 Å². The molecule has 0 heterocycles. The number of carbonyl (C=O) groups excluding carboxylic acids is 1. The summed E-state index contributed by atoms with van der Waals surface area (Å²) in [5.41, 5.74) is 2.00. The van der Waals surface area contributed by atoms with Gasteiger partial charge in [0, 0.05) is 18.7 Å². The summed E-state index contributed by atoms with van der Waals surface area (Å²) in [6.45, 7) is 1.94. The molecule has 1 fully saturated rings. The number of nitrogens with zero attached hydrogens (tertiary/aromatic N) is 1. The Morgan fingerprint density at radius 1 is 1.12 bits per heavy atom. The van der Waals surface area contributed by atoms with Gasteiger partial charge in [-0.15, -0.1) is 0 Å². The van der Waals surface area contributed by atoms with Crippen molar-refractivity contribution in [2.45, 2.75) is 30.7 Å². The molecule has 0 saturated heterocycles. The number of anilines is 1. The van der Waals surface area contributed by atoms with Gasteiger partial charge in [0.1, 0.15) is 0 Å². The Kier molecular flexibility index (Phi) is 4.32. The fourth-order valence-corrected chi connectivity index (χ4v) is 3.59. The quantitative estimate of drug-likeness (QED) is 0.907. The van der Waals surface area contributed by atoms with Crippen LogP contribution in [0.4, 0.5) is 5.69 Å². The van der Waals surface area contributed by atoms with Crippen molar-refractivity contribution in [3.63, 3.8) is 0 Å². The standard InChI is InChI=1S/C18H20N2O3S/c1-13-6-10-16(11-7-13)20(2)24(22,23)17-5-3-4-14(12-17)18(21)19-15-8-9-15/h3-7,10-12,15H,8-9H2,1-2H3,(H,19,21). The molecule has 0 unspecified atom stereocenters. The van der Waals surface area contributed by atoms with Crippen molar-refractivity contribution < 1.29 is 13.2 Å². The molecule has 126 valence electrons. The van der Waals surface area contributed by atoms with Gasteiger partial charge >= 0.3 is 0 Å². The summed E-state index contributed by atoms with van der Waals surface area (Å²) in [7, 11) is -2.21. The van der Waals surface area contributed by atoms with Gasteiger partial charge in [-0.05, 0) is 50.1 Å². The van der Waals surface area contributed by atoms with E-state index in [1.807, 2.05) is 19.1 Å². The minimum absolute atomic E-state index is 0.106. The lowest BCUT2D eigenvalue weighted by Gasteiger charge is -2.20. The second kappa shape index (κ2) is 6.28. The summed E-state index contributed by atoms with van der Waals surface area (Å²) >= 11 is 0. The zero-order valence-corrected chi connectivity index (χ0v) is 14.5. The van der Waals surface area contributed by atoms with Crippen molar-refractivity contribution in [3.05, 3.63) is 59.7 Å². The Labute approximate surface area is 142 Å². The van der Waals surface area contributed by atoms with E-state index in [4.69, 9.17) is 0 Å². The molecule has 0 radical (unpaired) electrons. The lowest BCUT2D eigenvalue weighted by atomic mass is 10.2. The van der Waals surface area contributed by atoms with E-state index in [9.17, 15) is 13.2 Å². The Balaban J connectivity index is 1.88. The van der Waals surface area contributed by atoms with Crippen molar-refractivity contribution in [1.82, 2.24) is 5.32 Å². The molecule has 0 bridgehead atoms. The summed E-state index contributed by atoms with van der Waals surface area (Å²) in [5.74, 6) is -0.229. The summed E-state index contributed by atoms with van der Waals surface area (Å²) < 4.78 is 26.9. The molecule has 0 atom stereocenters. The van der Waals surface area contributed by atoms with Gasteiger partial charge in [-0.3, -0.25) is 9.10 Å². The number of hydrogen-bond donors (Lipinski definition) is 1. The van der Waals surface area contributed by atoms with E-state index < -0.39 is 10.0 Å². The minimum Gasteiger partial charge on any atom is -0.349 e. The number of rotatable bonds is 5. The molecule has 6 heteroatoms. The molecule has 24 heavy (non-hydrogen) atoms. The van der Waals surface area contributed by atoms with Crippen molar-refractivity contribution >= 4 is 21.6 Å². The number of sulfonamides is 1. The third kappa shape index (κ3) is 3.43. The number of nitrogens with one attached hydrogen (secondary N) is 1. The van der Waals surface area contributed by atoms with Gasteiger partial charge in [0.25, 0.3) is 15.9 Å². The number of hydrogen-bond acceptors (Lipinski definition) is 3. The molecule has 1 saturated carbocycles. The third-order valence-corrected chi connectivity index (χ3v) is 5.85. The highest BCUT2D eigenvalue weighted by atomic mass is 32.2. The van der Waals surface area contributed by atoms with Crippen LogP contribution in [0.2, 0.25) is 0 Å². The normalized spacial score (nSPS) is 14.2. The zero-order valence-electron chi connectivity index (χ0n) is 13.7. The van der Waals surface area contributed by atoms with Crippen molar-refractivity contribution in [2.24, 2.45) is 0 Å². The van der Waals surface area contributed by atoms with E-state index >= 15 is 0 Å². The second-order valence-electron chi connectivity index (χ2n) is 6.08. The average molecular weight is 344 g/mol. The SMILES string of the molecule is Cc1ccc(N(C)S(=O)(=O)c2cccc(C(=O)NC3CC3)c2)cc1. The van der Waals surface area contributed by atoms with Crippen molar-refractivity contribution in [2.75, 3.05) is 11.4 Å². The first kappa shape index (κ1) is 16.5. The first-order valence-corrected chi connectivity index (χ1v) is 9.28. The monoisotopic (exact) mass is 344 g/mol. The predicted octanol–water partition coefficient (Wildman–Crippen LogP) is 2.71. The van der Waals surface area contributed by atoms with Gasteiger partial charge in [-0.1, -0.05) is 23.8 Å². The minimum atomic E-state index is -3.72. The lowest BCUT2D eigenvalue weighted by Crippen LogP contribution is -2.28. The Morgan fingerprint density at radius 3 is 2.42 bits per heavy atom. The van der Waals surface area contributed by atoms with E-state index in [-0.39, 0.29) is 16.8 Å². The first-order valence-electron chi connectivity index (χ1n) is 7.84. The van der Waals surface area contributed by atoms with Gasteiger partial charge in [0.2, 0.25) is 0 Å². The number of amides is 1. The van der Waals surface area contributed by atoms with Crippen LogP contribution >= 0.6 is 0 Å². The molecule has 1 aliphatic rings. The summed E-state index contributed by atoms with van der Waals surface area (Å²) in [5, 5.41) is 2.87. The van der Waals surface area contributed by atoms with Gasteiger partial charge in [-0.2, -0.15) is 0 Å². The van der Waals surface area contributed by atoms with E-state index in [1.165, 1.54) is 23.5 Å². The second-order valence-corrected chi connectivity index (χ2v) is 8.05. The predicted molar refractivity (Wildman–Crippen MR) is 93.7 cm³/mol. The van der Waals surface area contributed by atoms with Crippen LogP contribution in [-0.4, -0.2) is 27.4 Å². The molecule has 2 aromatic carbocycles. The van der Waals surface area contributed by atoms with Crippen LogP contribution in [0.1, 0.15) is 28.8 Å². The van der Waals surface area contributed by atoms with Gasteiger partial charge < -0.3 is 5.32 Å². The van der Waals surface area contributed by atoms with Crippen LogP contribution in [0.15, 0.2) is 53.4 Å². The molecule has 0 spiro atoms. The van der Waals surface area contributed by atoms with E-state index in [0.29, 0.717) is 11.3 Å². The van der Waals surface area contributed by atoms with E-state index in [2.05, 4.69) is 5.32 Å². The van der Waals surface area contributed by atoms with Crippen LogP contribution in [0, 0.1) is 6.92 Å². The van der Waals surface area contributed by atoms with Crippen LogP contribution in [0.3, 0.4) is 0 Å². The smallest absolute Gasteiger partial charge is 0.264 e. The molecule has 1 aliphatic carbocycles. The number of carbonyl (C=O) groups is 1.